The first-order valence-electron chi connectivity index (χ1n) is 11.7. The molecule has 1 atom stereocenters. The van der Waals surface area contributed by atoms with Crippen molar-refractivity contribution in [2.24, 2.45) is 0 Å². The van der Waals surface area contributed by atoms with Gasteiger partial charge in [-0.3, -0.25) is 19.2 Å². The van der Waals surface area contributed by atoms with E-state index in [1.54, 1.807) is 37.3 Å². The van der Waals surface area contributed by atoms with Gasteiger partial charge in [0, 0.05) is 11.6 Å². The quantitative estimate of drug-likeness (QED) is 0.319. The van der Waals surface area contributed by atoms with Gasteiger partial charge in [0.25, 0.3) is 15.7 Å². The fourth-order valence-corrected chi connectivity index (χ4v) is 5.41. The van der Waals surface area contributed by atoms with Crippen molar-refractivity contribution in [2.45, 2.75) is 24.8 Å². The van der Waals surface area contributed by atoms with Crippen molar-refractivity contribution in [3.8, 4) is 17.2 Å². The molecule has 3 aromatic rings. The third-order valence-electron chi connectivity index (χ3n) is 6.06. The SMILES string of the molecule is COc1ccc(N(CC(=O)NC(C)c2ccc3c(c2)OCCO3)S(=O)(=O)c2ccc(C)c([N+](=O)[O-])c2)cc1. The Hall–Kier alpha value is -4.32. The average molecular weight is 542 g/mol. The van der Waals surface area contributed by atoms with Crippen molar-refractivity contribution in [1.82, 2.24) is 5.32 Å². The normalized spacial score (nSPS) is 13.3. The molecule has 3 aromatic carbocycles. The van der Waals surface area contributed by atoms with Crippen LogP contribution >= 0.6 is 0 Å². The molecule has 0 aliphatic carbocycles. The van der Waals surface area contributed by atoms with Gasteiger partial charge >= 0.3 is 0 Å². The number of anilines is 1. The van der Waals surface area contributed by atoms with E-state index in [4.69, 9.17) is 14.2 Å². The monoisotopic (exact) mass is 541 g/mol. The Morgan fingerprint density at radius 1 is 1.08 bits per heavy atom. The largest absolute Gasteiger partial charge is 0.497 e. The van der Waals surface area contributed by atoms with Crippen LogP contribution in [0, 0.1) is 17.0 Å². The van der Waals surface area contributed by atoms with E-state index in [0.29, 0.717) is 36.0 Å². The van der Waals surface area contributed by atoms with E-state index in [2.05, 4.69) is 5.32 Å². The maximum Gasteiger partial charge on any atom is 0.273 e. The number of hydrogen-bond acceptors (Lipinski definition) is 8. The molecule has 1 N–H and O–H groups in total. The van der Waals surface area contributed by atoms with Gasteiger partial charge in [0.2, 0.25) is 5.91 Å². The van der Waals surface area contributed by atoms with Gasteiger partial charge in [0.15, 0.2) is 11.5 Å². The molecule has 1 unspecified atom stereocenters. The number of nitrogens with one attached hydrogen (secondary N) is 1. The van der Waals surface area contributed by atoms with E-state index in [-0.39, 0.29) is 16.3 Å². The first-order valence-corrected chi connectivity index (χ1v) is 13.1. The number of aryl methyl sites for hydroxylation is 1. The summed E-state index contributed by atoms with van der Waals surface area (Å²) in [5.74, 6) is 1.10. The van der Waals surface area contributed by atoms with Crippen molar-refractivity contribution in [2.75, 3.05) is 31.2 Å². The number of fused-ring (bicyclic) bond motifs is 1. The van der Waals surface area contributed by atoms with Crippen LogP contribution in [0.2, 0.25) is 0 Å². The Kier molecular flexibility index (Phi) is 7.72. The molecule has 0 spiro atoms. The summed E-state index contributed by atoms with van der Waals surface area (Å²) < 4.78 is 44.6. The van der Waals surface area contributed by atoms with Crippen LogP contribution in [0.4, 0.5) is 11.4 Å². The number of rotatable bonds is 9. The molecule has 1 heterocycles. The van der Waals surface area contributed by atoms with Gasteiger partial charge in [0.1, 0.15) is 25.5 Å². The minimum absolute atomic E-state index is 0.191. The van der Waals surface area contributed by atoms with E-state index < -0.39 is 33.4 Å². The Morgan fingerprint density at radius 2 is 1.76 bits per heavy atom. The molecule has 0 aromatic heterocycles. The molecule has 0 bridgehead atoms. The molecule has 1 aliphatic heterocycles. The van der Waals surface area contributed by atoms with Gasteiger partial charge < -0.3 is 19.5 Å². The van der Waals surface area contributed by atoms with E-state index >= 15 is 0 Å². The zero-order valence-electron chi connectivity index (χ0n) is 21.0. The summed E-state index contributed by atoms with van der Waals surface area (Å²) in [6, 6.07) is 14.6. The molecule has 11 nitrogen and oxygen atoms in total. The summed E-state index contributed by atoms with van der Waals surface area (Å²) in [5, 5.41) is 14.3. The summed E-state index contributed by atoms with van der Waals surface area (Å²) >= 11 is 0. The number of amides is 1. The topological polar surface area (TPSA) is 137 Å². The Labute approximate surface area is 220 Å². The summed E-state index contributed by atoms with van der Waals surface area (Å²) in [6.07, 6.45) is 0. The highest BCUT2D eigenvalue weighted by atomic mass is 32.2. The molecule has 12 heteroatoms. The van der Waals surface area contributed by atoms with Crippen LogP contribution in [0.25, 0.3) is 0 Å². The molecule has 4 rings (SSSR count). The van der Waals surface area contributed by atoms with Crippen LogP contribution in [-0.4, -0.2) is 46.1 Å². The maximum absolute atomic E-state index is 13.7. The number of sulfonamides is 1. The highest BCUT2D eigenvalue weighted by Crippen LogP contribution is 2.33. The van der Waals surface area contributed by atoms with Crippen LogP contribution in [0.1, 0.15) is 24.1 Å². The van der Waals surface area contributed by atoms with E-state index in [0.717, 1.165) is 15.9 Å². The second-order valence-electron chi connectivity index (χ2n) is 8.61. The third kappa shape index (κ3) is 5.65. The predicted molar refractivity (Wildman–Crippen MR) is 139 cm³/mol. The smallest absolute Gasteiger partial charge is 0.273 e. The molecule has 1 amide bonds. The van der Waals surface area contributed by atoms with Gasteiger partial charge in [-0.05, 0) is 61.9 Å². The standard InChI is InChI=1S/C26H27N3O8S/c1-17-4-10-22(15-23(17)29(31)32)38(33,34)28(20-6-8-21(35-3)9-7-20)16-26(30)27-18(2)19-5-11-24-25(14-19)37-13-12-36-24/h4-11,14-15,18H,12-13,16H2,1-3H3,(H,27,30). The van der Waals surface area contributed by atoms with Crippen LogP contribution in [0.15, 0.2) is 65.6 Å². The predicted octanol–water partition coefficient (Wildman–Crippen LogP) is 3.76. The van der Waals surface area contributed by atoms with Crippen LogP contribution in [0.5, 0.6) is 17.2 Å². The molecule has 38 heavy (non-hydrogen) atoms. The molecule has 1 aliphatic rings. The van der Waals surface area contributed by atoms with Crippen LogP contribution in [0.3, 0.4) is 0 Å². The van der Waals surface area contributed by atoms with E-state index in [1.807, 2.05) is 0 Å². The zero-order valence-corrected chi connectivity index (χ0v) is 21.9. The molecular formula is C26H27N3O8S. The Bertz CT molecular complexity index is 1460. The summed E-state index contributed by atoms with van der Waals surface area (Å²) in [7, 11) is -2.89. The lowest BCUT2D eigenvalue weighted by Gasteiger charge is -2.25. The second-order valence-corrected chi connectivity index (χ2v) is 10.5. The number of carbonyl (C=O) groups excluding carboxylic acids is 1. The lowest BCUT2D eigenvalue weighted by molar-refractivity contribution is -0.385. The first kappa shape index (κ1) is 26.7. The average Bonchev–Trinajstić information content (AvgIpc) is 2.91. The maximum atomic E-state index is 13.7. The molecule has 200 valence electrons. The molecular weight excluding hydrogens is 514 g/mol. The highest BCUT2D eigenvalue weighted by Gasteiger charge is 2.30. The van der Waals surface area contributed by atoms with Gasteiger partial charge in [-0.15, -0.1) is 0 Å². The number of carbonyl (C=O) groups is 1. The highest BCUT2D eigenvalue weighted by molar-refractivity contribution is 7.92. The Balaban J connectivity index is 1.62. The van der Waals surface area contributed by atoms with Crippen molar-refractivity contribution < 1.29 is 32.3 Å². The number of hydrogen-bond donors (Lipinski definition) is 1. The van der Waals surface area contributed by atoms with Crippen molar-refractivity contribution in [1.29, 1.82) is 0 Å². The molecule has 0 saturated heterocycles. The number of nitro benzene ring substituents is 1. The van der Waals surface area contributed by atoms with Crippen LogP contribution < -0.4 is 23.8 Å². The van der Waals surface area contributed by atoms with Gasteiger partial charge in [-0.1, -0.05) is 12.1 Å². The van der Waals surface area contributed by atoms with Gasteiger partial charge in [0.05, 0.1) is 28.7 Å². The molecule has 0 saturated carbocycles. The summed E-state index contributed by atoms with van der Waals surface area (Å²) in [4.78, 5) is 23.6. The van der Waals surface area contributed by atoms with Gasteiger partial charge in [-0.2, -0.15) is 0 Å². The lowest BCUT2D eigenvalue weighted by Crippen LogP contribution is -2.41. The van der Waals surface area contributed by atoms with E-state index in [9.17, 15) is 23.3 Å². The van der Waals surface area contributed by atoms with Crippen LogP contribution in [-0.2, 0) is 14.8 Å². The minimum atomic E-state index is -4.36. The lowest BCUT2D eigenvalue weighted by atomic mass is 10.1. The summed E-state index contributed by atoms with van der Waals surface area (Å²) in [6.45, 7) is 3.59. The molecule has 0 fully saturated rings. The summed E-state index contributed by atoms with van der Waals surface area (Å²) in [5.41, 5.74) is 0.917. The molecule has 0 radical (unpaired) electrons. The Morgan fingerprint density at radius 3 is 2.42 bits per heavy atom. The number of benzene rings is 3. The number of ether oxygens (including phenoxy) is 3. The number of nitrogens with zero attached hydrogens (tertiary/aromatic N) is 2. The number of methoxy groups -OCH3 is 1. The fourth-order valence-electron chi connectivity index (χ4n) is 3.97. The zero-order chi connectivity index (χ0) is 27.4. The second kappa shape index (κ2) is 11.0. The van der Waals surface area contributed by atoms with Crippen molar-refractivity contribution in [3.05, 3.63) is 81.9 Å². The first-order chi connectivity index (χ1) is 18.1. The van der Waals surface area contributed by atoms with Crippen molar-refractivity contribution in [3.63, 3.8) is 0 Å². The van der Waals surface area contributed by atoms with Crippen molar-refractivity contribution >= 4 is 27.3 Å². The third-order valence-corrected chi connectivity index (χ3v) is 7.83. The minimum Gasteiger partial charge on any atom is -0.497 e. The van der Waals surface area contributed by atoms with E-state index in [1.165, 1.54) is 38.3 Å². The fraction of sp³-hybridized carbons (Fsp3) is 0.269. The van der Waals surface area contributed by atoms with Gasteiger partial charge in [-0.25, -0.2) is 8.42 Å². The number of nitro groups is 1.